The van der Waals surface area contributed by atoms with Gasteiger partial charge in [0, 0.05) is 22.7 Å². The van der Waals surface area contributed by atoms with E-state index in [0.29, 0.717) is 17.3 Å². The number of hydrogen-bond acceptors (Lipinski definition) is 5. The molecule has 2 aromatic heterocycles. The van der Waals surface area contributed by atoms with Crippen molar-refractivity contribution in [3.05, 3.63) is 40.7 Å². The van der Waals surface area contributed by atoms with E-state index in [0.717, 1.165) is 34.9 Å². The molecule has 0 unspecified atom stereocenters. The molecular weight excluding hydrogens is 377 g/mol. The smallest absolute Gasteiger partial charge is 0.311 e. The van der Waals surface area contributed by atoms with Crippen molar-refractivity contribution < 1.29 is 13.9 Å². The minimum Gasteiger partial charge on any atom is -0.469 e. The highest BCUT2D eigenvalue weighted by Crippen LogP contribution is 2.36. The number of methoxy groups -OCH3 is 1. The normalized spacial score (nSPS) is 15.1. The number of aromatic nitrogens is 2. The molecule has 4 rings (SSSR count). The number of fused-ring (bicyclic) bond motifs is 1. The molecule has 0 saturated heterocycles. The zero-order valence-corrected chi connectivity index (χ0v) is 16.9. The van der Waals surface area contributed by atoms with Crippen LogP contribution in [0.15, 0.2) is 23.6 Å². The molecule has 1 saturated carbocycles. The molecular formula is C21H24FN3O2S. The molecule has 0 spiro atoms. The van der Waals surface area contributed by atoms with Gasteiger partial charge >= 0.3 is 5.97 Å². The number of halogens is 1. The SMILES string of the molecule is COC(=O)Cc1csc2nc(-c3cc(C)ccc3F)c(NC3CCCCC3)n12. The summed E-state index contributed by atoms with van der Waals surface area (Å²) in [6, 6.07) is 5.39. The molecule has 1 fully saturated rings. The summed E-state index contributed by atoms with van der Waals surface area (Å²) in [5, 5.41) is 5.54. The van der Waals surface area contributed by atoms with Crippen LogP contribution in [0.1, 0.15) is 43.4 Å². The lowest BCUT2D eigenvalue weighted by atomic mass is 9.95. The molecule has 0 amide bonds. The molecule has 3 aromatic rings. The lowest BCUT2D eigenvalue weighted by Gasteiger charge is -2.24. The van der Waals surface area contributed by atoms with E-state index in [1.807, 2.05) is 22.8 Å². The van der Waals surface area contributed by atoms with Crippen molar-refractivity contribution in [3.63, 3.8) is 0 Å². The maximum atomic E-state index is 14.7. The largest absolute Gasteiger partial charge is 0.469 e. The maximum absolute atomic E-state index is 14.7. The molecule has 5 nitrogen and oxygen atoms in total. The van der Waals surface area contributed by atoms with Gasteiger partial charge in [-0.25, -0.2) is 9.37 Å². The van der Waals surface area contributed by atoms with E-state index in [1.165, 1.54) is 43.8 Å². The number of nitrogens with zero attached hydrogens (tertiary/aromatic N) is 2. The number of nitrogens with one attached hydrogen (secondary N) is 1. The number of benzene rings is 1. The van der Waals surface area contributed by atoms with E-state index in [1.54, 1.807) is 6.07 Å². The van der Waals surface area contributed by atoms with Gasteiger partial charge in [-0.15, -0.1) is 11.3 Å². The summed E-state index contributed by atoms with van der Waals surface area (Å²) in [5.41, 5.74) is 2.87. The Bertz CT molecular complexity index is 1000. The van der Waals surface area contributed by atoms with Gasteiger partial charge in [-0.05, 0) is 31.9 Å². The molecule has 0 radical (unpaired) electrons. The number of imidazole rings is 1. The molecule has 2 heterocycles. The highest BCUT2D eigenvalue weighted by atomic mass is 32.1. The van der Waals surface area contributed by atoms with Crippen LogP contribution in [-0.4, -0.2) is 28.5 Å². The van der Waals surface area contributed by atoms with E-state index in [2.05, 4.69) is 5.32 Å². The average molecular weight is 402 g/mol. The Labute approximate surface area is 167 Å². The van der Waals surface area contributed by atoms with Crippen molar-refractivity contribution in [2.75, 3.05) is 12.4 Å². The van der Waals surface area contributed by atoms with Crippen LogP contribution in [0.2, 0.25) is 0 Å². The molecule has 1 aliphatic carbocycles. The Kier molecular flexibility index (Phi) is 5.35. The second-order valence-corrected chi connectivity index (χ2v) is 8.21. The minimum atomic E-state index is -0.305. The third-order valence-corrected chi connectivity index (χ3v) is 6.18. The van der Waals surface area contributed by atoms with Gasteiger partial charge in [-0.3, -0.25) is 9.20 Å². The third-order valence-electron chi connectivity index (χ3n) is 5.31. The Hall–Kier alpha value is -2.41. The highest BCUT2D eigenvalue weighted by molar-refractivity contribution is 7.15. The van der Waals surface area contributed by atoms with Crippen molar-refractivity contribution in [1.29, 1.82) is 0 Å². The molecule has 1 N–H and O–H groups in total. The fourth-order valence-corrected chi connectivity index (χ4v) is 4.73. The van der Waals surface area contributed by atoms with Crippen LogP contribution in [0, 0.1) is 12.7 Å². The Balaban J connectivity index is 1.84. The summed E-state index contributed by atoms with van der Waals surface area (Å²) >= 11 is 1.45. The summed E-state index contributed by atoms with van der Waals surface area (Å²) in [7, 11) is 1.38. The number of thiazole rings is 1. The van der Waals surface area contributed by atoms with Crippen molar-refractivity contribution in [2.24, 2.45) is 0 Å². The van der Waals surface area contributed by atoms with Gasteiger partial charge in [-0.2, -0.15) is 0 Å². The van der Waals surface area contributed by atoms with E-state index in [9.17, 15) is 9.18 Å². The Morgan fingerprint density at radius 2 is 2.14 bits per heavy atom. The number of hydrogen-bond donors (Lipinski definition) is 1. The van der Waals surface area contributed by atoms with Crippen molar-refractivity contribution in [2.45, 2.75) is 51.5 Å². The number of ether oxygens (including phenoxy) is 1. The minimum absolute atomic E-state index is 0.155. The van der Waals surface area contributed by atoms with Gasteiger partial charge in [0.2, 0.25) is 0 Å². The molecule has 0 aliphatic heterocycles. The molecule has 0 atom stereocenters. The van der Waals surface area contributed by atoms with Crippen molar-refractivity contribution >= 4 is 28.1 Å². The molecule has 148 valence electrons. The fraction of sp³-hybridized carbons (Fsp3) is 0.429. The predicted octanol–water partition coefficient (Wildman–Crippen LogP) is 4.97. The average Bonchev–Trinajstić information content (AvgIpc) is 3.25. The highest BCUT2D eigenvalue weighted by Gasteiger charge is 2.24. The number of carbonyl (C=O) groups excluding carboxylic acids is 1. The van der Waals surface area contributed by atoms with Crippen LogP contribution in [0.4, 0.5) is 10.2 Å². The zero-order chi connectivity index (χ0) is 19.7. The van der Waals surface area contributed by atoms with Gasteiger partial charge < -0.3 is 10.1 Å². The summed E-state index contributed by atoms with van der Waals surface area (Å²) in [6.45, 7) is 1.94. The maximum Gasteiger partial charge on any atom is 0.311 e. The molecule has 1 aliphatic rings. The topological polar surface area (TPSA) is 55.6 Å². The monoisotopic (exact) mass is 401 g/mol. The Morgan fingerprint density at radius 1 is 1.36 bits per heavy atom. The van der Waals surface area contributed by atoms with E-state index < -0.39 is 0 Å². The summed E-state index contributed by atoms with van der Waals surface area (Å²) < 4.78 is 21.5. The van der Waals surface area contributed by atoms with Crippen LogP contribution in [0.5, 0.6) is 0 Å². The number of anilines is 1. The first-order valence-electron chi connectivity index (χ1n) is 9.65. The van der Waals surface area contributed by atoms with Crippen molar-refractivity contribution in [3.8, 4) is 11.3 Å². The molecule has 7 heteroatoms. The van der Waals surface area contributed by atoms with Crippen LogP contribution in [0.3, 0.4) is 0 Å². The summed E-state index contributed by atoms with van der Waals surface area (Å²) in [6.07, 6.45) is 5.95. The lowest BCUT2D eigenvalue weighted by molar-refractivity contribution is -0.139. The van der Waals surface area contributed by atoms with Gasteiger partial charge in [-0.1, -0.05) is 30.9 Å². The first-order valence-corrected chi connectivity index (χ1v) is 10.5. The van der Waals surface area contributed by atoms with Crippen LogP contribution in [0.25, 0.3) is 16.2 Å². The summed E-state index contributed by atoms with van der Waals surface area (Å²) in [5.74, 6) is 0.171. The predicted molar refractivity (Wildman–Crippen MR) is 109 cm³/mol. The second kappa shape index (κ2) is 7.91. The van der Waals surface area contributed by atoms with Gasteiger partial charge in [0.25, 0.3) is 0 Å². The second-order valence-electron chi connectivity index (χ2n) is 7.37. The van der Waals surface area contributed by atoms with Gasteiger partial charge in [0.1, 0.15) is 17.3 Å². The quantitative estimate of drug-likeness (QED) is 0.613. The number of aryl methyl sites for hydroxylation is 1. The van der Waals surface area contributed by atoms with E-state index >= 15 is 0 Å². The van der Waals surface area contributed by atoms with Gasteiger partial charge in [0.05, 0.1) is 13.5 Å². The van der Waals surface area contributed by atoms with Crippen LogP contribution >= 0.6 is 11.3 Å². The molecule has 1 aromatic carbocycles. The van der Waals surface area contributed by atoms with Crippen LogP contribution < -0.4 is 5.32 Å². The first-order chi connectivity index (χ1) is 13.6. The molecule has 28 heavy (non-hydrogen) atoms. The Morgan fingerprint density at radius 3 is 2.89 bits per heavy atom. The third kappa shape index (κ3) is 3.63. The fourth-order valence-electron chi connectivity index (χ4n) is 3.84. The lowest BCUT2D eigenvalue weighted by Crippen LogP contribution is -2.23. The number of esters is 1. The number of rotatable bonds is 5. The van der Waals surface area contributed by atoms with Crippen molar-refractivity contribution in [1.82, 2.24) is 9.38 Å². The number of carbonyl (C=O) groups is 1. The van der Waals surface area contributed by atoms with E-state index in [4.69, 9.17) is 9.72 Å². The standard InChI is InChI=1S/C21H24FN3O2S/c1-13-8-9-17(22)16(10-13)19-20(23-14-6-4-3-5-7-14)25-15(11-18(26)27-2)12-28-21(25)24-19/h8-10,12,14,23H,3-7,11H2,1-2H3. The van der Waals surface area contributed by atoms with E-state index in [-0.39, 0.29) is 18.2 Å². The zero-order valence-electron chi connectivity index (χ0n) is 16.1. The van der Waals surface area contributed by atoms with Gasteiger partial charge in [0.15, 0.2) is 4.96 Å². The van der Waals surface area contributed by atoms with Crippen LogP contribution in [-0.2, 0) is 16.0 Å². The molecule has 0 bridgehead atoms. The summed E-state index contributed by atoms with van der Waals surface area (Å²) in [4.78, 5) is 17.3. The first kappa shape index (κ1) is 18.9.